The van der Waals surface area contributed by atoms with Crippen molar-refractivity contribution < 1.29 is 9.53 Å². The maximum Gasteiger partial charge on any atom is 0.265 e. The number of aromatic nitrogens is 4. The molecule has 1 amide bonds. The van der Waals surface area contributed by atoms with Crippen molar-refractivity contribution in [2.45, 2.75) is 31.0 Å². The first kappa shape index (κ1) is 22.2. The summed E-state index contributed by atoms with van der Waals surface area (Å²) in [5, 5.41) is 8.46. The lowest BCUT2D eigenvalue weighted by Crippen LogP contribution is -2.31. The van der Waals surface area contributed by atoms with Crippen molar-refractivity contribution in [2.24, 2.45) is 0 Å². The topological polar surface area (TPSA) is 91.0 Å². The highest BCUT2D eigenvalue weighted by Crippen LogP contribution is 2.33. The van der Waals surface area contributed by atoms with E-state index in [1.54, 1.807) is 22.6 Å². The van der Waals surface area contributed by atoms with E-state index >= 15 is 0 Å². The van der Waals surface area contributed by atoms with Gasteiger partial charge in [0.15, 0.2) is 10.8 Å². The van der Waals surface area contributed by atoms with Crippen LogP contribution in [0.2, 0.25) is 0 Å². The highest BCUT2D eigenvalue weighted by molar-refractivity contribution is 7.99. The number of hydrogen-bond acceptors (Lipinski definition) is 6. The number of amides is 1. The fourth-order valence-electron chi connectivity index (χ4n) is 4.08. The van der Waals surface area contributed by atoms with Crippen LogP contribution in [0, 0.1) is 6.92 Å². The maximum atomic E-state index is 13.3. The summed E-state index contributed by atoms with van der Waals surface area (Å²) < 4.78 is 8.51. The fraction of sp³-hybridized carbons (Fsp3) is 0.280. The SMILES string of the molecule is COc1ccc(CCNC(=O)CC2CSc3nc4c(cnn4-c4ccc(C)cc4)c(=O)n32)cc1. The summed E-state index contributed by atoms with van der Waals surface area (Å²) in [4.78, 5) is 30.6. The summed E-state index contributed by atoms with van der Waals surface area (Å²) in [5.41, 5.74) is 3.51. The van der Waals surface area contributed by atoms with Gasteiger partial charge >= 0.3 is 0 Å². The molecule has 0 saturated carbocycles. The first-order chi connectivity index (χ1) is 16.5. The van der Waals surface area contributed by atoms with Crippen molar-refractivity contribution >= 4 is 28.7 Å². The molecule has 3 heterocycles. The number of hydrogen-bond donors (Lipinski definition) is 1. The van der Waals surface area contributed by atoms with Crippen molar-refractivity contribution in [3.63, 3.8) is 0 Å². The van der Waals surface area contributed by atoms with E-state index in [9.17, 15) is 9.59 Å². The Labute approximate surface area is 201 Å². The Morgan fingerprint density at radius 3 is 2.68 bits per heavy atom. The van der Waals surface area contributed by atoms with Crippen LogP contribution < -0.4 is 15.6 Å². The quantitative estimate of drug-likeness (QED) is 0.413. The summed E-state index contributed by atoms with van der Waals surface area (Å²) in [5.74, 6) is 1.37. The lowest BCUT2D eigenvalue weighted by atomic mass is 10.1. The number of methoxy groups -OCH3 is 1. The molecule has 0 saturated heterocycles. The second-order valence-corrected chi connectivity index (χ2v) is 9.30. The maximum absolute atomic E-state index is 13.3. The van der Waals surface area contributed by atoms with Crippen LogP contribution in [0.15, 0.2) is 64.7 Å². The van der Waals surface area contributed by atoms with Gasteiger partial charge in [-0.1, -0.05) is 41.6 Å². The van der Waals surface area contributed by atoms with Crippen LogP contribution in [-0.4, -0.2) is 44.6 Å². The van der Waals surface area contributed by atoms with Crippen LogP contribution in [0.4, 0.5) is 0 Å². The Morgan fingerprint density at radius 1 is 1.18 bits per heavy atom. The van der Waals surface area contributed by atoms with E-state index in [2.05, 4.69) is 10.4 Å². The van der Waals surface area contributed by atoms with Crippen molar-refractivity contribution in [1.29, 1.82) is 0 Å². The van der Waals surface area contributed by atoms with Gasteiger partial charge in [-0.15, -0.1) is 0 Å². The fourth-order valence-corrected chi connectivity index (χ4v) is 5.21. The zero-order valence-corrected chi connectivity index (χ0v) is 19.8. The van der Waals surface area contributed by atoms with Crippen molar-refractivity contribution in [2.75, 3.05) is 19.4 Å². The number of ether oxygens (including phenoxy) is 1. The van der Waals surface area contributed by atoms with E-state index in [1.165, 1.54) is 11.8 Å². The van der Waals surface area contributed by atoms with Crippen molar-refractivity contribution in [1.82, 2.24) is 24.6 Å². The zero-order valence-electron chi connectivity index (χ0n) is 19.0. The minimum Gasteiger partial charge on any atom is -0.497 e. The minimum absolute atomic E-state index is 0.0747. The Balaban J connectivity index is 1.28. The number of nitrogens with one attached hydrogen (secondary N) is 1. The number of thioether (sulfide) groups is 1. The summed E-state index contributed by atoms with van der Waals surface area (Å²) in [7, 11) is 1.64. The Hall–Kier alpha value is -3.59. The molecule has 0 radical (unpaired) electrons. The monoisotopic (exact) mass is 475 g/mol. The molecule has 8 nitrogen and oxygen atoms in total. The number of rotatable bonds is 7. The molecule has 0 bridgehead atoms. The van der Waals surface area contributed by atoms with E-state index < -0.39 is 0 Å². The molecule has 5 rings (SSSR count). The van der Waals surface area contributed by atoms with Gasteiger partial charge in [0.05, 0.1) is 25.0 Å². The molecule has 1 unspecified atom stereocenters. The van der Waals surface area contributed by atoms with Gasteiger partial charge in [-0.25, -0.2) is 9.67 Å². The van der Waals surface area contributed by atoms with Crippen LogP contribution in [0.25, 0.3) is 16.7 Å². The second kappa shape index (κ2) is 9.34. The molecule has 1 aliphatic rings. The Bertz CT molecular complexity index is 1390. The van der Waals surface area contributed by atoms with Crippen LogP contribution >= 0.6 is 11.8 Å². The molecule has 0 aliphatic carbocycles. The normalized spacial score (nSPS) is 14.8. The molecule has 1 aliphatic heterocycles. The number of benzene rings is 2. The second-order valence-electron chi connectivity index (χ2n) is 8.32. The van der Waals surface area contributed by atoms with E-state index in [0.717, 1.165) is 29.0 Å². The lowest BCUT2D eigenvalue weighted by molar-refractivity contribution is -0.121. The summed E-state index contributed by atoms with van der Waals surface area (Å²) in [6.07, 6.45) is 2.53. The third kappa shape index (κ3) is 4.31. The van der Waals surface area contributed by atoms with E-state index in [-0.39, 0.29) is 23.9 Å². The molecule has 0 spiro atoms. The third-order valence-corrected chi connectivity index (χ3v) is 7.06. The van der Waals surface area contributed by atoms with Gasteiger partial charge in [-0.2, -0.15) is 5.10 Å². The zero-order chi connectivity index (χ0) is 23.7. The molecule has 34 heavy (non-hydrogen) atoms. The molecule has 9 heteroatoms. The highest BCUT2D eigenvalue weighted by Gasteiger charge is 2.29. The van der Waals surface area contributed by atoms with Crippen molar-refractivity contribution in [3.8, 4) is 11.4 Å². The molecule has 2 aromatic carbocycles. The Morgan fingerprint density at radius 2 is 1.94 bits per heavy atom. The number of carbonyl (C=O) groups excluding carboxylic acids is 1. The summed E-state index contributed by atoms with van der Waals surface area (Å²) >= 11 is 1.50. The van der Waals surface area contributed by atoms with E-state index in [0.29, 0.717) is 28.5 Å². The van der Waals surface area contributed by atoms with Gasteiger partial charge in [0.2, 0.25) is 5.91 Å². The first-order valence-corrected chi connectivity index (χ1v) is 12.1. The number of carbonyl (C=O) groups is 1. The molecular weight excluding hydrogens is 450 g/mol. The van der Waals surface area contributed by atoms with Crippen LogP contribution in [0.5, 0.6) is 5.75 Å². The van der Waals surface area contributed by atoms with Gasteiger partial charge < -0.3 is 10.1 Å². The number of fused-ring (bicyclic) bond motifs is 2. The van der Waals surface area contributed by atoms with Crippen molar-refractivity contribution in [3.05, 3.63) is 76.2 Å². The molecule has 4 aromatic rings. The highest BCUT2D eigenvalue weighted by atomic mass is 32.2. The summed E-state index contributed by atoms with van der Waals surface area (Å²) in [6, 6.07) is 15.5. The van der Waals surface area contributed by atoms with Gasteiger partial charge in [0.1, 0.15) is 11.1 Å². The molecule has 1 atom stereocenters. The minimum atomic E-state index is -0.229. The van der Waals surface area contributed by atoms with Crippen LogP contribution in [-0.2, 0) is 11.2 Å². The molecule has 2 aromatic heterocycles. The van der Waals surface area contributed by atoms with Gasteiger partial charge in [0.25, 0.3) is 5.56 Å². The molecule has 0 fully saturated rings. The van der Waals surface area contributed by atoms with Gasteiger partial charge in [-0.3, -0.25) is 14.2 Å². The van der Waals surface area contributed by atoms with E-state index in [1.807, 2.05) is 55.5 Å². The van der Waals surface area contributed by atoms with Gasteiger partial charge in [0, 0.05) is 18.7 Å². The molecule has 174 valence electrons. The smallest absolute Gasteiger partial charge is 0.265 e. The standard InChI is InChI=1S/C25H25N5O3S/c1-16-3-7-18(8-4-16)30-23-21(14-27-30)24(32)29-19(15-34-25(29)28-23)13-22(31)26-12-11-17-5-9-20(33-2)10-6-17/h3-10,14,19H,11-13,15H2,1-2H3,(H,26,31). The lowest BCUT2D eigenvalue weighted by Gasteiger charge is -2.13. The average Bonchev–Trinajstić information content (AvgIpc) is 3.45. The molecule has 1 N–H and O–H groups in total. The van der Waals surface area contributed by atoms with Crippen LogP contribution in [0.3, 0.4) is 0 Å². The average molecular weight is 476 g/mol. The predicted molar refractivity (Wildman–Crippen MR) is 132 cm³/mol. The third-order valence-electron chi connectivity index (χ3n) is 5.97. The van der Waals surface area contributed by atoms with E-state index in [4.69, 9.17) is 9.72 Å². The first-order valence-electron chi connectivity index (χ1n) is 11.1. The number of nitrogens with zero attached hydrogens (tertiary/aromatic N) is 4. The summed E-state index contributed by atoms with van der Waals surface area (Å²) in [6.45, 7) is 2.56. The van der Waals surface area contributed by atoms with Crippen LogP contribution in [0.1, 0.15) is 23.6 Å². The van der Waals surface area contributed by atoms with Gasteiger partial charge in [-0.05, 0) is 43.2 Å². The molecular formula is C25H25N5O3S. The number of aryl methyl sites for hydroxylation is 1. The predicted octanol–water partition coefficient (Wildman–Crippen LogP) is 3.30. The Kier molecular flexibility index (Phi) is 6.10. The largest absolute Gasteiger partial charge is 0.497 e.